The van der Waals surface area contributed by atoms with Crippen LogP contribution in [0.5, 0.6) is 0 Å². The van der Waals surface area contributed by atoms with Crippen LogP contribution >= 0.6 is 11.3 Å². The van der Waals surface area contributed by atoms with Crippen LogP contribution in [-0.2, 0) is 6.42 Å². The summed E-state index contributed by atoms with van der Waals surface area (Å²) < 4.78 is 0. The van der Waals surface area contributed by atoms with Gasteiger partial charge in [-0.3, -0.25) is 0 Å². The van der Waals surface area contributed by atoms with E-state index in [0.29, 0.717) is 5.13 Å². The van der Waals surface area contributed by atoms with Crippen molar-refractivity contribution in [1.82, 2.24) is 4.98 Å². The molecule has 0 spiro atoms. The van der Waals surface area contributed by atoms with E-state index >= 15 is 0 Å². The summed E-state index contributed by atoms with van der Waals surface area (Å²) in [5.41, 5.74) is 5.54. The molecule has 1 aromatic heterocycles. The number of aromatic nitrogens is 1. The molecule has 1 rings (SSSR count). The second-order valence-electron chi connectivity index (χ2n) is 3.33. The van der Waals surface area contributed by atoms with Crippen LogP contribution in [0.3, 0.4) is 0 Å². The smallest absolute Gasteiger partial charge is 0.180 e. The highest BCUT2D eigenvalue weighted by molar-refractivity contribution is 7.15. The molecule has 0 amide bonds. The minimum atomic E-state index is 0.698. The molecule has 0 aromatic carbocycles. The maximum atomic E-state index is 5.54. The van der Waals surface area contributed by atoms with E-state index in [0.717, 1.165) is 6.42 Å². The highest BCUT2D eigenvalue weighted by Gasteiger charge is 1.97. The van der Waals surface area contributed by atoms with Crippen LogP contribution in [-0.4, -0.2) is 4.98 Å². The van der Waals surface area contributed by atoms with E-state index in [1.807, 2.05) is 6.20 Å². The standard InChI is InChI=1S/C10H18N2S/c1-2-3-4-5-6-7-9-8-12-10(11)13-9/h8H,2-7H2,1H3,(H2,11,12). The van der Waals surface area contributed by atoms with Gasteiger partial charge in [-0.25, -0.2) is 4.98 Å². The van der Waals surface area contributed by atoms with Crippen molar-refractivity contribution < 1.29 is 0 Å². The van der Waals surface area contributed by atoms with E-state index in [4.69, 9.17) is 5.73 Å². The van der Waals surface area contributed by atoms with Gasteiger partial charge in [0.25, 0.3) is 0 Å². The van der Waals surface area contributed by atoms with Gasteiger partial charge >= 0.3 is 0 Å². The van der Waals surface area contributed by atoms with Crippen molar-refractivity contribution in [3.05, 3.63) is 11.1 Å². The summed E-state index contributed by atoms with van der Waals surface area (Å²) >= 11 is 1.62. The first-order valence-electron chi connectivity index (χ1n) is 5.03. The molecule has 74 valence electrons. The lowest BCUT2D eigenvalue weighted by molar-refractivity contribution is 0.634. The highest BCUT2D eigenvalue weighted by atomic mass is 32.1. The molecule has 3 heteroatoms. The van der Waals surface area contributed by atoms with Crippen LogP contribution < -0.4 is 5.73 Å². The molecule has 0 aliphatic rings. The number of hydrogen-bond acceptors (Lipinski definition) is 3. The molecule has 0 unspecified atom stereocenters. The van der Waals surface area contributed by atoms with Crippen molar-refractivity contribution in [2.24, 2.45) is 0 Å². The van der Waals surface area contributed by atoms with Crippen LogP contribution in [0.2, 0.25) is 0 Å². The van der Waals surface area contributed by atoms with Crippen molar-refractivity contribution in [2.75, 3.05) is 5.73 Å². The fraction of sp³-hybridized carbons (Fsp3) is 0.700. The molecule has 0 aliphatic carbocycles. The molecule has 0 aliphatic heterocycles. The Morgan fingerprint density at radius 2 is 2.08 bits per heavy atom. The predicted octanol–water partition coefficient (Wildman–Crippen LogP) is 3.24. The van der Waals surface area contributed by atoms with Gasteiger partial charge in [-0.1, -0.05) is 32.6 Å². The van der Waals surface area contributed by atoms with E-state index in [2.05, 4.69) is 11.9 Å². The number of nitrogens with zero attached hydrogens (tertiary/aromatic N) is 1. The highest BCUT2D eigenvalue weighted by Crippen LogP contribution is 2.17. The lowest BCUT2D eigenvalue weighted by atomic mass is 10.1. The third kappa shape index (κ3) is 4.27. The summed E-state index contributed by atoms with van der Waals surface area (Å²) in [6, 6.07) is 0. The minimum absolute atomic E-state index is 0.698. The third-order valence-electron chi connectivity index (χ3n) is 2.10. The number of rotatable bonds is 6. The molecule has 0 radical (unpaired) electrons. The molecular weight excluding hydrogens is 180 g/mol. The number of nitrogens with two attached hydrogens (primary N) is 1. The van der Waals surface area contributed by atoms with E-state index in [9.17, 15) is 0 Å². The van der Waals surface area contributed by atoms with Gasteiger partial charge in [-0.2, -0.15) is 0 Å². The number of aryl methyl sites for hydroxylation is 1. The van der Waals surface area contributed by atoms with Gasteiger partial charge in [-0.15, -0.1) is 11.3 Å². The molecule has 0 bridgehead atoms. The molecule has 13 heavy (non-hydrogen) atoms. The van der Waals surface area contributed by atoms with Gasteiger partial charge in [0.2, 0.25) is 0 Å². The average molecular weight is 198 g/mol. The second kappa shape index (κ2) is 5.97. The lowest BCUT2D eigenvalue weighted by Gasteiger charge is -1.97. The number of hydrogen-bond donors (Lipinski definition) is 1. The normalized spacial score (nSPS) is 10.5. The first-order chi connectivity index (χ1) is 6.33. The lowest BCUT2D eigenvalue weighted by Crippen LogP contribution is -1.81. The third-order valence-corrected chi connectivity index (χ3v) is 2.98. The van der Waals surface area contributed by atoms with Crippen molar-refractivity contribution in [1.29, 1.82) is 0 Å². The van der Waals surface area contributed by atoms with Crippen LogP contribution in [0.15, 0.2) is 6.20 Å². The van der Waals surface area contributed by atoms with Gasteiger partial charge in [0.15, 0.2) is 5.13 Å². The summed E-state index contributed by atoms with van der Waals surface area (Å²) in [4.78, 5) is 5.36. The molecule has 0 saturated heterocycles. The Morgan fingerprint density at radius 3 is 2.69 bits per heavy atom. The Hall–Kier alpha value is -0.570. The number of unbranched alkanes of at least 4 members (excludes halogenated alkanes) is 4. The van der Waals surface area contributed by atoms with Gasteiger partial charge in [0.05, 0.1) is 0 Å². The number of anilines is 1. The Kier molecular flexibility index (Phi) is 4.83. The maximum absolute atomic E-state index is 5.54. The van der Waals surface area contributed by atoms with Crippen molar-refractivity contribution in [2.45, 2.75) is 45.4 Å². The van der Waals surface area contributed by atoms with Crippen LogP contribution in [0.4, 0.5) is 5.13 Å². The minimum Gasteiger partial charge on any atom is -0.375 e. The predicted molar refractivity (Wildman–Crippen MR) is 59.0 cm³/mol. The van der Waals surface area contributed by atoms with Crippen molar-refractivity contribution in [3.8, 4) is 0 Å². The van der Waals surface area contributed by atoms with E-state index in [1.165, 1.54) is 37.0 Å². The van der Waals surface area contributed by atoms with Gasteiger partial charge in [-0.05, 0) is 12.8 Å². The average Bonchev–Trinajstić information content (AvgIpc) is 2.51. The number of nitrogen functional groups attached to an aromatic ring is 1. The fourth-order valence-electron chi connectivity index (χ4n) is 1.34. The SMILES string of the molecule is CCCCCCCc1cnc(N)s1. The Labute approximate surface area is 84.2 Å². The van der Waals surface area contributed by atoms with E-state index in [-0.39, 0.29) is 0 Å². The van der Waals surface area contributed by atoms with E-state index in [1.54, 1.807) is 11.3 Å². The molecule has 0 saturated carbocycles. The Bertz CT molecular complexity index is 233. The molecule has 1 heterocycles. The van der Waals surface area contributed by atoms with Crippen LogP contribution in [0.25, 0.3) is 0 Å². The van der Waals surface area contributed by atoms with Gasteiger partial charge in [0, 0.05) is 11.1 Å². The van der Waals surface area contributed by atoms with Gasteiger partial charge in [0.1, 0.15) is 0 Å². The maximum Gasteiger partial charge on any atom is 0.180 e. The molecule has 2 nitrogen and oxygen atoms in total. The van der Waals surface area contributed by atoms with Crippen LogP contribution in [0, 0.1) is 0 Å². The summed E-state index contributed by atoms with van der Waals surface area (Å²) in [6.07, 6.45) is 9.72. The Balaban J connectivity index is 2.06. The number of thiazole rings is 1. The van der Waals surface area contributed by atoms with Crippen LogP contribution in [0.1, 0.15) is 43.9 Å². The van der Waals surface area contributed by atoms with E-state index < -0.39 is 0 Å². The topological polar surface area (TPSA) is 38.9 Å². The summed E-state index contributed by atoms with van der Waals surface area (Å²) in [6.45, 7) is 2.24. The van der Waals surface area contributed by atoms with Crippen molar-refractivity contribution in [3.63, 3.8) is 0 Å². The summed E-state index contributed by atoms with van der Waals surface area (Å²) in [5.74, 6) is 0. The monoisotopic (exact) mass is 198 g/mol. The molecule has 2 N–H and O–H groups in total. The fourth-order valence-corrected chi connectivity index (χ4v) is 2.07. The zero-order valence-electron chi connectivity index (χ0n) is 8.25. The zero-order valence-corrected chi connectivity index (χ0v) is 9.07. The summed E-state index contributed by atoms with van der Waals surface area (Å²) in [5, 5.41) is 0.698. The van der Waals surface area contributed by atoms with Crippen molar-refractivity contribution >= 4 is 16.5 Å². The second-order valence-corrected chi connectivity index (χ2v) is 4.48. The molecule has 0 fully saturated rings. The first kappa shape index (κ1) is 10.5. The summed E-state index contributed by atoms with van der Waals surface area (Å²) in [7, 11) is 0. The molecular formula is C10H18N2S. The van der Waals surface area contributed by atoms with Gasteiger partial charge < -0.3 is 5.73 Å². The zero-order chi connectivity index (χ0) is 9.52. The quantitative estimate of drug-likeness (QED) is 0.713. The largest absolute Gasteiger partial charge is 0.375 e. The Morgan fingerprint density at radius 1 is 1.31 bits per heavy atom. The molecule has 1 aromatic rings. The molecule has 0 atom stereocenters. The first-order valence-corrected chi connectivity index (χ1v) is 5.84.